The lowest BCUT2D eigenvalue weighted by molar-refractivity contribution is -0.137. The Morgan fingerprint density at radius 2 is 1.95 bits per heavy atom. The number of hydrogen-bond acceptors (Lipinski definition) is 3. The summed E-state index contributed by atoms with van der Waals surface area (Å²) in [5, 5.41) is 0. The van der Waals surface area contributed by atoms with Crippen LogP contribution in [0.2, 0.25) is 0 Å². The topological polar surface area (TPSA) is 46.3 Å². The molecule has 2 N–H and O–H groups in total. The molecule has 1 heterocycles. The highest BCUT2D eigenvalue weighted by atomic mass is 79.9. The van der Waals surface area contributed by atoms with Gasteiger partial charge in [0.25, 0.3) is 0 Å². The van der Waals surface area contributed by atoms with Crippen molar-refractivity contribution in [2.24, 2.45) is 5.73 Å². The van der Waals surface area contributed by atoms with Crippen molar-refractivity contribution in [2.75, 3.05) is 6.54 Å². The Balaban J connectivity index is 2.19. The molecule has 2 aromatic rings. The molecule has 0 aliphatic carbocycles. The van der Waals surface area contributed by atoms with E-state index in [0.717, 1.165) is 14.2 Å². The molecule has 1 aromatic heterocycles. The molecule has 0 saturated carbocycles. The van der Waals surface area contributed by atoms with Gasteiger partial charge in [0.2, 0.25) is 5.91 Å². The first-order chi connectivity index (χ1) is 9.95. The molecule has 112 valence electrons. The van der Waals surface area contributed by atoms with Crippen molar-refractivity contribution >= 4 is 33.2 Å². The second-order valence-electron chi connectivity index (χ2n) is 5.09. The number of halogens is 1. The number of likely N-dealkylation sites (N-methyl/N-ethyl adjacent to an activating group) is 1. The van der Waals surface area contributed by atoms with Crippen molar-refractivity contribution in [3.63, 3.8) is 0 Å². The molecule has 0 radical (unpaired) electrons. The summed E-state index contributed by atoms with van der Waals surface area (Å²) >= 11 is 5.08. The number of nitrogens with two attached hydrogens (primary N) is 1. The van der Waals surface area contributed by atoms with Crippen LogP contribution in [0.3, 0.4) is 0 Å². The molecule has 0 aliphatic heterocycles. The lowest BCUT2D eigenvalue weighted by atomic mass is 9.91. The minimum Gasteiger partial charge on any atom is -0.336 e. The Hall–Kier alpha value is -1.17. The predicted molar refractivity (Wildman–Crippen MR) is 91.1 cm³/mol. The van der Waals surface area contributed by atoms with Crippen molar-refractivity contribution < 1.29 is 4.79 Å². The number of benzene rings is 1. The molecule has 2 rings (SSSR count). The van der Waals surface area contributed by atoms with Gasteiger partial charge in [0.15, 0.2) is 0 Å². The van der Waals surface area contributed by atoms with Gasteiger partial charge in [-0.25, -0.2) is 0 Å². The summed E-state index contributed by atoms with van der Waals surface area (Å²) in [6, 6.07) is 13.5. The second-order valence-corrected chi connectivity index (χ2v) is 7.64. The van der Waals surface area contributed by atoms with Crippen LogP contribution in [0.1, 0.15) is 24.3 Å². The quantitative estimate of drug-likeness (QED) is 0.875. The highest BCUT2D eigenvalue weighted by Crippen LogP contribution is 2.26. The van der Waals surface area contributed by atoms with Gasteiger partial charge in [-0.1, -0.05) is 30.3 Å². The molecule has 0 spiro atoms. The zero-order chi connectivity index (χ0) is 15.5. The fourth-order valence-electron chi connectivity index (χ4n) is 2.19. The van der Waals surface area contributed by atoms with Crippen LogP contribution in [0.5, 0.6) is 0 Å². The van der Waals surface area contributed by atoms with Crippen LogP contribution in [-0.2, 0) is 16.9 Å². The maximum Gasteiger partial charge on any atom is 0.247 e. The fraction of sp³-hybridized carbons (Fsp3) is 0.312. The van der Waals surface area contributed by atoms with E-state index >= 15 is 0 Å². The van der Waals surface area contributed by atoms with Crippen LogP contribution in [-0.4, -0.2) is 17.4 Å². The van der Waals surface area contributed by atoms with Crippen molar-refractivity contribution in [3.8, 4) is 0 Å². The Morgan fingerprint density at radius 1 is 1.29 bits per heavy atom. The molecule has 0 fully saturated rings. The van der Waals surface area contributed by atoms with Crippen molar-refractivity contribution in [3.05, 3.63) is 56.7 Å². The lowest BCUT2D eigenvalue weighted by Crippen LogP contribution is -2.50. The first-order valence-corrected chi connectivity index (χ1v) is 8.44. The van der Waals surface area contributed by atoms with Gasteiger partial charge in [0.1, 0.15) is 5.54 Å². The summed E-state index contributed by atoms with van der Waals surface area (Å²) in [4.78, 5) is 15.7. The molecule has 0 bridgehead atoms. The molecule has 1 unspecified atom stereocenters. The van der Waals surface area contributed by atoms with Crippen molar-refractivity contribution in [1.29, 1.82) is 0 Å². The molecule has 0 aliphatic rings. The fourth-order valence-corrected chi connectivity index (χ4v) is 3.69. The van der Waals surface area contributed by atoms with E-state index in [1.165, 1.54) is 0 Å². The van der Waals surface area contributed by atoms with Crippen LogP contribution < -0.4 is 5.73 Å². The maximum atomic E-state index is 12.8. The first kappa shape index (κ1) is 16.2. The summed E-state index contributed by atoms with van der Waals surface area (Å²) in [7, 11) is 0. The van der Waals surface area contributed by atoms with E-state index in [1.54, 1.807) is 23.2 Å². The third-order valence-corrected chi connectivity index (χ3v) is 5.07. The third kappa shape index (κ3) is 3.73. The van der Waals surface area contributed by atoms with E-state index in [9.17, 15) is 4.79 Å². The molecule has 1 atom stereocenters. The van der Waals surface area contributed by atoms with Crippen LogP contribution in [0.4, 0.5) is 0 Å². The lowest BCUT2D eigenvalue weighted by Gasteiger charge is -2.31. The predicted octanol–water partition coefficient (Wildman–Crippen LogP) is 3.73. The summed E-state index contributed by atoms with van der Waals surface area (Å²) in [5.41, 5.74) is 6.15. The first-order valence-electron chi connectivity index (χ1n) is 6.83. The molecule has 5 heteroatoms. The Labute approximate surface area is 137 Å². The number of nitrogens with zero attached hydrogens (tertiary/aromatic N) is 1. The minimum absolute atomic E-state index is 0.0549. The van der Waals surface area contributed by atoms with Gasteiger partial charge in [0, 0.05) is 11.4 Å². The standard InChI is InChI=1S/C16H19BrN2OS/c1-3-19(11-13-9-10-14(17)21-13)15(20)16(2,18)12-7-5-4-6-8-12/h4-10H,3,11,18H2,1-2H3. The smallest absolute Gasteiger partial charge is 0.247 e. The Morgan fingerprint density at radius 3 is 2.48 bits per heavy atom. The van der Waals surface area contributed by atoms with Crippen LogP contribution in [0.15, 0.2) is 46.3 Å². The molecule has 1 aromatic carbocycles. The molecular formula is C16H19BrN2OS. The largest absolute Gasteiger partial charge is 0.336 e. The highest BCUT2D eigenvalue weighted by Gasteiger charge is 2.33. The van der Waals surface area contributed by atoms with Gasteiger partial charge in [-0.05, 0) is 47.5 Å². The SMILES string of the molecule is CCN(Cc1ccc(Br)s1)C(=O)C(C)(N)c1ccccc1. The zero-order valence-electron chi connectivity index (χ0n) is 12.2. The average Bonchev–Trinajstić information content (AvgIpc) is 2.90. The molecule has 1 amide bonds. The van der Waals surface area contributed by atoms with Gasteiger partial charge < -0.3 is 10.6 Å². The van der Waals surface area contributed by atoms with E-state index in [1.807, 2.05) is 49.4 Å². The van der Waals surface area contributed by atoms with Gasteiger partial charge >= 0.3 is 0 Å². The Bertz CT molecular complexity index is 610. The molecule has 0 saturated heterocycles. The normalized spacial score (nSPS) is 13.7. The van der Waals surface area contributed by atoms with Gasteiger partial charge in [0.05, 0.1) is 10.3 Å². The van der Waals surface area contributed by atoms with Gasteiger partial charge in [-0.3, -0.25) is 4.79 Å². The number of thiophene rings is 1. The average molecular weight is 367 g/mol. The van der Waals surface area contributed by atoms with Crippen LogP contribution in [0.25, 0.3) is 0 Å². The van der Waals surface area contributed by atoms with Gasteiger partial charge in [-0.2, -0.15) is 0 Å². The van der Waals surface area contributed by atoms with E-state index in [2.05, 4.69) is 15.9 Å². The second kappa shape index (κ2) is 6.73. The highest BCUT2D eigenvalue weighted by molar-refractivity contribution is 9.11. The zero-order valence-corrected chi connectivity index (χ0v) is 14.6. The third-order valence-electron chi connectivity index (χ3n) is 3.46. The minimum atomic E-state index is -1.01. The molecule has 3 nitrogen and oxygen atoms in total. The molecular weight excluding hydrogens is 348 g/mol. The maximum absolute atomic E-state index is 12.8. The van der Waals surface area contributed by atoms with E-state index in [0.29, 0.717) is 13.1 Å². The van der Waals surface area contributed by atoms with E-state index < -0.39 is 5.54 Å². The summed E-state index contributed by atoms with van der Waals surface area (Å²) in [6.07, 6.45) is 0. The van der Waals surface area contributed by atoms with E-state index in [4.69, 9.17) is 5.73 Å². The summed E-state index contributed by atoms with van der Waals surface area (Å²) in [5.74, 6) is -0.0549. The number of hydrogen-bond donors (Lipinski definition) is 1. The van der Waals surface area contributed by atoms with Crippen LogP contribution in [0, 0.1) is 0 Å². The van der Waals surface area contributed by atoms with Crippen molar-refractivity contribution in [1.82, 2.24) is 4.90 Å². The number of carbonyl (C=O) groups is 1. The van der Waals surface area contributed by atoms with Crippen LogP contribution >= 0.6 is 27.3 Å². The summed E-state index contributed by atoms with van der Waals surface area (Å²) in [6.45, 7) is 4.97. The molecule has 21 heavy (non-hydrogen) atoms. The Kier molecular flexibility index (Phi) is 5.19. The monoisotopic (exact) mass is 366 g/mol. The number of amides is 1. The van der Waals surface area contributed by atoms with Gasteiger partial charge in [-0.15, -0.1) is 11.3 Å². The van der Waals surface area contributed by atoms with E-state index in [-0.39, 0.29) is 5.91 Å². The summed E-state index contributed by atoms with van der Waals surface area (Å²) < 4.78 is 1.07. The van der Waals surface area contributed by atoms with Crippen molar-refractivity contribution in [2.45, 2.75) is 25.9 Å². The number of rotatable bonds is 5. The number of carbonyl (C=O) groups excluding carboxylic acids is 1.